The molecule has 0 aromatic heterocycles. The first-order valence-electron chi connectivity index (χ1n) is 13.5. The van der Waals surface area contributed by atoms with Crippen LogP contribution in [0, 0.1) is 5.41 Å². The lowest BCUT2D eigenvalue weighted by atomic mass is 9.83. The number of aliphatic hydroxyl groups excluding tert-OH is 4. The second kappa shape index (κ2) is 21.3. The molecule has 0 fully saturated rings. The van der Waals surface area contributed by atoms with E-state index in [1.54, 1.807) is 0 Å². The maximum absolute atomic E-state index is 11.7. The zero-order valence-electron chi connectivity index (χ0n) is 26.0. The molecule has 0 aliphatic rings. The van der Waals surface area contributed by atoms with E-state index in [2.05, 4.69) is 26.3 Å². The van der Waals surface area contributed by atoms with Crippen LogP contribution in [-0.2, 0) is 57.1 Å². The highest BCUT2D eigenvalue weighted by molar-refractivity contribution is 5.88. The van der Waals surface area contributed by atoms with Crippen molar-refractivity contribution < 1.29 is 77.5 Å². The molecule has 4 atom stereocenters. The standard InChI is InChI=1S/C29H44O16/c1-17(2)21(30)38-9-13-42-25(34)29(26(35)43-14-10-39-22(31)18(3)4,27(36)44-15-11-40-23(32)19(5)6)28(37)45-16-12-41-24(33)20(7)8/h25-28,34-37H,1,3,5,7,9-16H2,2,4,6,8H3. The molecule has 0 aliphatic carbocycles. The summed E-state index contributed by atoms with van der Waals surface area (Å²) in [6.45, 7) is 15.4. The van der Waals surface area contributed by atoms with Crippen molar-refractivity contribution in [1.29, 1.82) is 0 Å². The maximum atomic E-state index is 11.7. The second-order valence-electron chi connectivity index (χ2n) is 9.56. The van der Waals surface area contributed by atoms with Gasteiger partial charge in [-0.2, -0.15) is 0 Å². The third kappa shape index (κ3) is 14.4. The number of aliphatic hydroxyl groups is 4. The van der Waals surface area contributed by atoms with Crippen LogP contribution >= 0.6 is 0 Å². The van der Waals surface area contributed by atoms with Crippen LogP contribution < -0.4 is 0 Å². The van der Waals surface area contributed by atoms with Crippen molar-refractivity contribution in [3.8, 4) is 0 Å². The topological polar surface area (TPSA) is 223 Å². The van der Waals surface area contributed by atoms with Crippen molar-refractivity contribution in [2.45, 2.75) is 52.9 Å². The Morgan fingerprint density at radius 1 is 0.444 bits per heavy atom. The summed E-state index contributed by atoms with van der Waals surface area (Å²) >= 11 is 0. The van der Waals surface area contributed by atoms with Gasteiger partial charge in [-0.25, -0.2) is 19.2 Å². The van der Waals surface area contributed by atoms with E-state index in [-0.39, 0.29) is 22.3 Å². The van der Waals surface area contributed by atoms with Crippen molar-refractivity contribution in [3.05, 3.63) is 48.6 Å². The number of hydrogen-bond donors (Lipinski definition) is 4. The number of rotatable bonds is 24. The van der Waals surface area contributed by atoms with Crippen LogP contribution in [0.3, 0.4) is 0 Å². The molecule has 0 rings (SSSR count). The molecule has 4 N–H and O–H groups in total. The zero-order chi connectivity index (χ0) is 34.7. The first-order chi connectivity index (χ1) is 21.0. The summed E-state index contributed by atoms with van der Waals surface area (Å²) in [6, 6.07) is 0. The van der Waals surface area contributed by atoms with Crippen LogP contribution in [0.15, 0.2) is 48.6 Å². The molecular weight excluding hydrogens is 604 g/mol. The highest BCUT2D eigenvalue weighted by atomic mass is 16.7. The van der Waals surface area contributed by atoms with Crippen molar-refractivity contribution in [3.63, 3.8) is 0 Å². The van der Waals surface area contributed by atoms with E-state index in [0.29, 0.717) is 0 Å². The molecular formula is C29H44O16. The first kappa shape index (κ1) is 41.5. The average Bonchev–Trinajstić information content (AvgIpc) is 2.97. The van der Waals surface area contributed by atoms with Crippen molar-refractivity contribution in [1.82, 2.24) is 0 Å². The van der Waals surface area contributed by atoms with Gasteiger partial charge in [0, 0.05) is 22.3 Å². The Balaban J connectivity index is 6.13. The van der Waals surface area contributed by atoms with E-state index in [4.69, 9.17) is 37.9 Å². The highest BCUT2D eigenvalue weighted by Gasteiger charge is 2.59. The summed E-state index contributed by atoms with van der Waals surface area (Å²) in [5, 5.41) is 44.4. The van der Waals surface area contributed by atoms with E-state index in [9.17, 15) is 39.6 Å². The fourth-order valence-electron chi connectivity index (χ4n) is 2.98. The Hall–Kier alpha value is -3.48. The molecule has 256 valence electrons. The van der Waals surface area contributed by atoms with Crippen molar-refractivity contribution in [2.24, 2.45) is 5.41 Å². The van der Waals surface area contributed by atoms with Crippen LogP contribution in [0.5, 0.6) is 0 Å². The van der Waals surface area contributed by atoms with Gasteiger partial charge in [-0.05, 0) is 27.7 Å². The van der Waals surface area contributed by atoms with Gasteiger partial charge in [0.25, 0.3) is 0 Å². The van der Waals surface area contributed by atoms with Gasteiger partial charge >= 0.3 is 23.9 Å². The van der Waals surface area contributed by atoms with Gasteiger partial charge in [0.15, 0.2) is 30.6 Å². The molecule has 0 aliphatic heterocycles. The Morgan fingerprint density at radius 3 is 0.778 bits per heavy atom. The minimum atomic E-state index is -2.84. The van der Waals surface area contributed by atoms with Gasteiger partial charge < -0.3 is 58.3 Å². The maximum Gasteiger partial charge on any atom is 0.333 e. The van der Waals surface area contributed by atoms with E-state index in [1.165, 1.54) is 27.7 Å². The van der Waals surface area contributed by atoms with Crippen LogP contribution in [-0.4, -0.2) is 122 Å². The van der Waals surface area contributed by atoms with E-state index < -0.39 is 107 Å². The van der Waals surface area contributed by atoms with Gasteiger partial charge in [-0.3, -0.25) is 0 Å². The molecule has 0 radical (unpaired) electrons. The molecule has 0 heterocycles. The van der Waals surface area contributed by atoms with Gasteiger partial charge in [-0.15, -0.1) is 0 Å². The predicted octanol–water partition coefficient (Wildman–Crippen LogP) is -0.210. The lowest BCUT2D eigenvalue weighted by Gasteiger charge is -2.45. The molecule has 0 saturated carbocycles. The SMILES string of the molecule is C=C(C)C(=O)OCCOC(O)C(C(O)OCCOC(=O)C(=C)C)(C(O)OCCOC(=O)C(=C)C)C(O)OCCOC(=O)C(=C)C. The summed E-state index contributed by atoms with van der Waals surface area (Å²) in [5.41, 5.74) is -2.53. The monoisotopic (exact) mass is 648 g/mol. The molecule has 45 heavy (non-hydrogen) atoms. The number of carbonyl (C=O) groups is 4. The molecule has 0 amide bonds. The minimum Gasteiger partial charge on any atom is -0.460 e. The summed E-state index contributed by atoms with van der Waals surface area (Å²) < 4.78 is 40.6. The van der Waals surface area contributed by atoms with Crippen molar-refractivity contribution in [2.75, 3.05) is 52.9 Å². The molecule has 16 heteroatoms. The highest BCUT2D eigenvalue weighted by Crippen LogP contribution is 2.38. The van der Waals surface area contributed by atoms with Crippen LogP contribution in [0.4, 0.5) is 0 Å². The van der Waals surface area contributed by atoms with Crippen LogP contribution in [0.25, 0.3) is 0 Å². The molecule has 4 unspecified atom stereocenters. The normalized spacial score (nSPS) is 14.9. The van der Waals surface area contributed by atoms with Gasteiger partial charge in [0.1, 0.15) is 26.4 Å². The Morgan fingerprint density at radius 2 is 0.622 bits per heavy atom. The number of hydrogen-bond acceptors (Lipinski definition) is 16. The fourth-order valence-corrected chi connectivity index (χ4v) is 2.98. The minimum absolute atomic E-state index is 0.0772. The fraction of sp³-hybridized carbons (Fsp3) is 0.586. The van der Waals surface area contributed by atoms with Gasteiger partial charge in [0.2, 0.25) is 0 Å². The molecule has 0 aromatic rings. The van der Waals surface area contributed by atoms with E-state index >= 15 is 0 Å². The summed E-state index contributed by atoms with van der Waals surface area (Å²) in [6.07, 6.45) is -9.57. The van der Waals surface area contributed by atoms with Gasteiger partial charge in [0.05, 0.1) is 26.4 Å². The molecule has 0 saturated heterocycles. The van der Waals surface area contributed by atoms with E-state index in [0.717, 1.165) is 0 Å². The number of esters is 4. The van der Waals surface area contributed by atoms with E-state index in [1.807, 2.05) is 0 Å². The molecule has 0 aromatic carbocycles. The largest absolute Gasteiger partial charge is 0.460 e. The van der Waals surface area contributed by atoms with Crippen LogP contribution in [0.2, 0.25) is 0 Å². The molecule has 16 nitrogen and oxygen atoms in total. The Kier molecular flexibility index (Phi) is 19.6. The Labute approximate surface area is 261 Å². The van der Waals surface area contributed by atoms with Crippen LogP contribution in [0.1, 0.15) is 27.7 Å². The summed E-state index contributed by atoms with van der Waals surface area (Å²) in [4.78, 5) is 46.7. The first-order valence-corrected chi connectivity index (χ1v) is 13.5. The Bertz CT molecular complexity index is 885. The lowest BCUT2D eigenvalue weighted by Crippen LogP contribution is -2.64. The third-order valence-electron chi connectivity index (χ3n) is 5.47. The average molecular weight is 649 g/mol. The zero-order valence-corrected chi connectivity index (χ0v) is 26.0. The molecule has 0 spiro atoms. The predicted molar refractivity (Wildman–Crippen MR) is 153 cm³/mol. The van der Waals surface area contributed by atoms with Gasteiger partial charge in [-0.1, -0.05) is 26.3 Å². The summed E-state index contributed by atoms with van der Waals surface area (Å²) in [5.74, 6) is -3.08. The second-order valence-corrected chi connectivity index (χ2v) is 9.56. The van der Waals surface area contributed by atoms with Crippen molar-refractivity contribution >= 4 is 23.9 Å². The third-order valence-corrected chi connectivity index (χ3v) is 5.47. The summed E-state index contributed by atoms with van der Waals surface area (Å²) in [7, 11) is 0. The quantitative estimate of drug-likeness (QED) is 0.0349. The molecule has 0 bridgehead atoms. The number of ether oxygens (including phenoxy) is 8. The lowest BCUT2D eigenvalue weighted by molar-refractivity contribution is -0.396. The number of carbonyl (C=O) groups excluding carboxylic acids is 4. The smallest absolute Gasteiger partial charge is 0.333 e.